The van der Waals surface area contributed by atoms with Gasteiger partial charge in [0.1, 0.15) is 5.82 Å². The van der Waals surface area contributed by atoms with Crippen molar-refractivity contribution in [3.8, 4) is 0 Å². The van der Waals surface area contributed by atoms with Gasteiger partial charge < -0.3 is 9.30 Å². The zero-order valence-corrected chi connectivity index (χ0v) is 11.6. The molecule has 3 heterocycles. The Labute approximate surface area is 109 Å². The van der Waals surface area contributed by atoms with Crippen LogP contribution in [-0.4, -0.2) is 40.3 Å². The number of nitrogens with zero attached hydrogens (tertiary/aromatic N) is 3. The van der Waals surface area contributed by atoms with Gasteiger partial charge in [0.15, 0.2) is 0 Å². The van der Waals surface area contributed by atoms with Gasteiger partial charge in [0.05, 0.1) is 18.8 Å². The van der Waals surface area contributed by atoms with Crippen LogP contribution in [0.15, 0.2) is 6.20 Å². The lowest BCUT2D eigenvalue weighted by molar-refractivity contribution is 0.121. The number of ether oxygens (including phenoxy) is 1. The zero-order valence-electron chi connectivity index (χ0n) is 11.6. The van der Waals surface area contributed by atoms with E-state index in [2.05, 4.69) is 36.4 Å². The molecule has 0 aromatic carbocycles. The van der Waals surface area contributed by atoms with E-state index in [1.165, 1.54) is 17.9 Å². The van der Waals surface area contributed by atoms with Gasteiger partial charge in [0.25, 0.3) is 0 Å². The topological polar surface area (TPSA) is 30.3 Å². The summed E-state index contributed by atoms with van der Waals surface area (Å²) in [5.74, 6) is 1.22. The van der Waals surface area contributed by atoms with Crippen molar-refractivity contribution in [3.63, 3.8) is 0 Å². The minimum Gasteiger partial charge on any atom is -0.380 e. The second-order valence-electron chi connectivity index (χ2n) is 6.47. The van der Waals surface area contributed by atoms with Crippen molar-refractivity contribution in [2.75, 3.05) is 19.8 Å². The fraction of sp³-hybridized carbons (Fsp3) is 0.786. The maximum atomic E-state index is 5.49. The van der Waals surface area contributed by atoms with Gasteiger partial charge in [-0.2, -0.15) is 0 Å². The smallest absolute Gasteiger partial charge is 0.123 e. The van der Waals surface area contributed by atoms with Crippen molar-refractivity contribution in [2.24, 2.45) is 0 Å². The highest BCUT2D eigenvalue weighted by Gasteiger charge is 2.29. The molecule has 0 saturated carbocycles. The quantitative estimate of drug-likeness (QED) is 0.760. The molecular weight excluding hydrogens is 226 g/mol. The van der Waals surface area contributed by atoms with Gasteiger partial charge in [0, 0.05) is 37.4 Å². The monoisotopic (exact) mass is 249 g/mol. The largest absolute Gasteiger partial charge is 0.380 e. The molecule has 4 nitrogen and oxygen atoms in total. The first-order valence-corrected chi connectivity index (χ1v) is 6.92. The minimum atomic E-state index is 0.144. The third-order valence-corrected chi connectivity index (χ3v) is 4.02. The lowest BCUT2D eigenvalue weighted by Crippen LogP contribution is -2.41. The van der Waals surface area contributed by atoms with Crippen molar-refractivity contribution >= 4 is 0 Å². The van der Waals surface area contributed by atoms with E-state index >= 15 is 0 Å². The van der Waals surface area contributed by atoms with Crippen molar-refractivity contribution in [3.05, 3.63) is 17.7 Å². The summed E-state index contributed by atoms with van der Waals surface area (Å²) >= 11 is 0. The summed E-state index contributed by atoms with van der Waals surface area (Å²) in [5.41, 5.74) is 1.35. The summed E-state index contributed by atoms with van der Waals surface area (Å²) in [6.45, 7) is 11.7. The summed E-state index contributed by atoms with van der Waals surface area (Å²) in [6.07, 6.45) is 3.41. The van der Waals surface area contributed by atoms with Crippen LogP contribution in [0.5, 0.6) is 0 Å². The van der Waals surface area contributed by atoms with Gasteiger partial charge in [-0.05, 0) is 6.42 Å². The van der Waals surface area contributed by atoms with Crippen LogP contribution in [0.25, 0.3) is 0 Å². The predicted molar refractivity (Wildman–Crippen MR) is 70.6 cm³/mol. The molecule has 100 valence electrons. The molecule has 1 saturated heterocycles. The molecule has 4 heteroatoms. The SMILES string of the molecule is CC(C)(C)c1cn2c(n1)CN(C1CCOC1)CC2. The van der Waals surface area contributed by atoms with Gasteiger partial charge in [-0.15, -0.1) is 0 Å². The molecule has 0 bridgehead atoms. The van der Waals surface area contributed by atoms with Gasteiger partial charge >= 0.3 is 0 Å². The number of rotatable bonds is 1. The van der Waals surface area contributed by atoms with Crippen molar-refractivity contribution < 1.29 is 4.74 Å². The Morgan fingerprint density at radius 1 is 1.33 bits per heavy atom. The lowest BCUT2D eigenvalue weighted by atomic mass is 9.93. The Balaban J connectivity index is 1.78. The highest BCUT2D eigenvalue weighted by molar-refractivity contribution is 5.14. The second kappa shape index (κ2) is 4.35. The third-order valence-electron chi connectivity index (χ3n) is 4.02. The van der Waals surface area contributed by atoms with Gasteiger partial charge in [0.2, 0.25) is 0 Å². The van der Waals surface area contributed by atoms with Crippen LogP contribution >= 0.6 is 0 Å². The lowest BCUT2D eigenvalue weighted by Gasteiger charge is -2.31. The normalized spacial score (nSPS) is 25.4. The summed E-state index contributed by atoms with van der Waals surface area (Å²) in [6, 6.07) is 0.605. The molecular formula is C14H23N3O. The molecule has 3 rings (SSSR count). The summed E-state index contributed by atoms with van der Waals surface area (Å²) in [7, 11) is 0. The average molecular weight is 249 g/mol. The van der Waals surface area contributed by atoms with Gasteiger partial charge in [-0.3, -0.25) is 4.90 Å². The Hall–Kier alpha value is -0.870. The Morgan fingerprint density at radius 2 is 2.17 bits per heavy atom. The summed E-state index contributed by atoms with van der Waals surface area (Å²) in [5, 5.41) is 0. The van der Waals surface area contributed by atoms with E-state index < -0.39 is 0 Å². The first-order chi connectivity index (χ1) is 8.54. The molecule has 0 spiro atoms. The molecule has 1 atom stereocenters. The Morgan fingerprint density at radius 3 is 2.83 bits per heavy atom. The fourth-order valence-corrected chi connectivity index (χ4v) is 2.75. The molecule has 2 aliphatic heterocycles. The van der Waals surface area contributed by atoms with Crippen molar-refractivity contribution in [1.82, 2.24) is 14.5 Å². The molecule has 0 radical (unpaired) electrons. The van der Waals surface area contributed by atoms with E-state index in [1.54, 1.807) is 0 Å². The van der Waals surface area contributed by atoms with E-state index in [0.29, 0.717) is 6.04 Å². The molecule has 1 aromatic heterocycles. The number of aromatic nitrogens is 2. The van der Waals surface area contributed by atoms with Crippen LogP contribution in [0, 0.1) is 0 Å². The van der Waals surface area contributed by atoms with Gasteiger partial charge in [-0.25, -0.2) is 4.98 Å². The van der Waals surface area contributed by atoms with Crippen LogP contribution in [0.2, 0.25) is 0 Å². The standard InChI is InChI=1S/C14H23N3O/c1-14(2,3)12-8-17-6-5-16(9-13(17)15-12)11-4-7-18-10-11/h8,11H,4-7,9-10H2,1-3H3. The molecule has 18 heavy (non-hydrogen) atoms. The first kappa shape index (κ1) is 12.2. The number of hydrogen-bond donors (Lipinski definition) is 0. The number of imidazole rings is 1. The molecule has 1 unspecified atom stereocenters. The summed E-state index contributed by atoms with van der Waals surface area (Å²) in [4.78, 5) is 7.35. The van der Waals surface area contributed by atoms with Crippen LogP contribution in [-0.2, 0) is 23.2 Å². The van der Waals surface area contributed by atoms with E-state index in [1.807, 2.05) is 0 Å². The molecule has 1 aromatic rings. The van der Waals surface area contributed by atoms with Gasteiger partial charge in [-0.1, -0.05) is 20.8 Å². The fourth-order valence-electron chi connectivity index (χ4n) is 2.75. The van der Waals surface area contributed by atoms with Crippen molar-refractivity contribution in [1.29, 1.82) is 0 Å². The van der Waals surface area contributed by atoms with Crippen LogP contribution < -0.4 is 0 Å². The maximum Gasteiger partial charge on any atom is 0.123 e. The molecule has 0 amide bonds. The molecule has 1 fully saturated rings. The highest BCUT2D eigenvalue weighted by Crippen LogP contribution is 2.25. The third kappa shape index (κ3) is 2.19. The van der Waals surface area contributed by atoms with Crippen LogP contribution in [0.4, 0.5) is 0 Å². The predicted octanol–water partition coefficient (Wildman–Crippen LogP) is 1.79. The molecule has 0 N–H and O–H groups in total. The number of fused-ring (bicyclic) bond motifs is 1. The van der Waals surface area contributed by atoms with E-state index in [9.17, 15) is 0 Å². The average Bonchev–Trinajstić information content (AvgIpc) is 2.96. The number of hydrogen-bond acceptors (Lipinski definition) is 3. The second-order valence-corrected chi connectivity index (χ2v) is 6.47. The Kier molecular flexibility index (Phi) is 2.94. The first-order valence-electron chi connectivity index (χ1n) is 6.92. The highest BCUT2D eigenvalue weighted by atomic mass is 16.5. The van der Waals surface area contributed by atoms with E-state index in [-0.39, 0.29) is 5.41 Å². The van der Waals surface area contributed by atoms with Crippen LogP contribution in [0.1, 0.15) is 38.7 Å². The zero-order chi connectivity index (χ0) is 12.8. The summed E-state index contributed by atoms with van der Waals surface area (Å²) < 4.78 is 7.82. The Bertz CT molecular complexity index is 427. The maximum absolute atomic E-state index is 5.49. The van der Waals surface area contributed by atoms with E-state index in [0.717, 1.165) is 32.8 Å². The minimum absolute atomic E-state index is 0.144. The molecule has 0 aliphatic carbocycles. The molecule has 2 aliphatic rings. The van der Waals surface area contributed by atoms with Crippen molar-refractivity contribution in [2.45, 2.75) is 51.7 Å². The van der Waals surface area contributed by atoms with Crippen LogP contribution in [0.3, 0.4) is 0 Å². The van der Waals surface area contributed by atoms with E-state index in [4.69, 9.17) is 9.72 Å².